The van der Waals surface area contributed by atoms with E-state index < -0.39 is 23.2 Å². The Bertz CT molecular complexity index is 841. The number of ether oxygens (including phenoxy) is 1. The first-order chi connectivity index (χ1) is 11.2. The van der Waals surface area contributed by atoms with Gasteiger partial charge in [0.25, 0.3) is 5.69 Å². The molecule has 0 unspecified atom stereocenters. The number of nitrogens with zero attached hydrogens (tertiary/aromatic N) is 2. The van der Waals surface area contributed by atoms with Gasteiger partial charge in [0.1, 0.15) is 5.56 Å². The molecule has 7 nitrogen and oxygen atoms in total. The molecule has 0 bridgehead atoms. The van der Waals surface area contributed by atoms with Crippen LogP contribution in [0.5, 0.6) is 0 Å². The second-order valence-corrected chi connectivity index (χ2v) is 5.70. The van der Waals surface area contributed by atoms with E-state index in [1.54, 1.807) is 13.0 Å². The minimum absolute atomic E-state index is 0.161. The summed E-state index contributed by atoms with van der Waals surface area (Å²) in [7, 11) is 1.82. The van der Waals surface area contributed by atoms with Gasteiger partial charge in [-0.05, 0) is 32.0 Å². The lowest BCUT2D eigenvalue weighted by molar-refractivity contribution is -0.385. The predicted octanol–water partition coefficient (Wildman–Crippen LogP) is 3.24. The van der Waals surface area contributed by atoms with E-state index in [4.69, 9.17) is 16.3 Å². The Morgan fingerprint density at radius 3 is 2.46 bits per heavy atom. The number of aryl methyl sites for hydroxylation is 1. The van der Waals surface area contributed by atoms with Crippen molar-refractivity contribution in [3.8, 4) is 0 Å². The number of nitro benzene ring substituents is 1. The fourth-order valence-corrected chi connectivity index (χ4v) is 2.43. The number of ketones is 1. The van der Waals surface area contributed by atoms with Gasteiger partial charge in [0.05, 0.1) is 4.92 Å². The molecule has 24 heavy (non-hydrogen) atoms. The highest BCUT2D eigenvalue weighted by atomic mass is 35.5. The number of halogens is 1. The molecule has 8 heteroatoms. The van der Waals surface area contributed by atoms with Crippen LogP contribution in [-0.4, -0.2) is 27.8 Å². The summed E-state index contributed by atoms with van der Waals surface area (Å²) in [6.45, 7) is 3.13. The largest absolute Gasteiger partial charge is 0.454 e. The van der Waals surface area contributed by atoms with Crippen LogP contribution in [0, 0.1) is 24.0 Å². The summed E-state index contributed by atoms with van der Waals surface area (Å²) in [5.74, 6) is -1.35. The first-order valence-corrected chi connectivity index (χ1v) is 7.37. The number of benzene rings is 1. The van der Waals surface area contributed by atoms with Crippen LogP contribution in [0.1, 0.15) is 32.1 Å². The molecule has 0 aliphatic carbocycles. The molecule has 0 saturated carbocycles. The quantitative estimate of drug-likeness (QED) is 0.357. The highest BCUT2D eigenvalue weighted by molar-refractivity contribution is 6.31. The number of nitro groups is 1. The van der Waals surface area contributed by atoms with Gasteiger partial charge in [-0.2, -0.15) is 0 Å². The van der Waals surface area contributed by atoms with E-state index in [1.807, 2.05) is 18.5 Å². The maximum Gasteiger partial charge on any atom is 0.345 e. The van der Waals surface area contributed by atoms with Crippen LogP contribution in [0.15, 0.2) is 24.3 Å². The van der Waals surface area contributed by atoms with Crippen LogP contribution in [-0.2, 0) is 11.8 Å². The maximum atomic E-state index is 12.2. The minimum Gasteiger partial charge on any atom is -0.454 e. The van der Waals surface area contributed by atoms with Crippen molar-refractivity contribution in [1.29, 1.82) is 0 Å². The zero-order valence-corrected chi connectivity index (χ0v) is 14.1. The lowest BCUT2D eigenvalue weighted by atomic mass is 10.1. The summed E-state index contributed by atoms with van der Waals surface area (Å²) < 4.78 is 6.78. The van der Waals surface area contributed by atoms with Gasteiger partial charge in [-0.15, -0.1) is 0 Å². The first-order valence-electron chi connectivity index (χ1n) is 6.99. The lowest BCUT2D eigenvalue weighted by Gasteiger charge is -2.06. The summed E-state index contributed by atoms with van der Waals surface area (Å²) in [6.07, 6.45) is 0. The molecule has 0 aliphatic heterocycles. The van der Waals surface area contributed by atoms with Gasteiger partial charge >= 0.3 is 5.97 Å². The standard InChI is InChI=1S/C16H15ClN2O5/c1-9-6-12(10(2)18(9)3)15(20)8-24-16(21)13-7-11(17)4-5-14(13)19(22)23/h4-7H,8H2,1-3H3. The SMILES string of the molecule is Cc1cc(C(=O)COC(=O)c2cc(Cl)ccc2[N+](=O)[O-])c(C)n1C. The van der Waals surface area contributed by atoms with E-state index in [9.17, 15) is 19.7 Å². The van der Waals surface area contributed by atoms with Crippen LogP contribution in [0.4, 0.5) is 5.69 Å². The Labute approximate surface area is 142 Å². The zero-order chi connectivity index (χ0) is 18.0. The zero-order valence-electron chi connectivity index (χ0n) is 13.3. The van der Waals surface area contributed by atoms with Crippen molar-refractivity contribution < 1.29 is 19.2 Å². The molecule has 0 aliphatic rings. The molecule has 2 aromatic rings. The van der Waals surface area contributed by atoms with Gasteiger partial charge < -0.3 is 9.30 Å². The average molecular weight is 351 g/mol. The van der Waals surface area contributed by atoms with E-state index in [1.165, 1.54) is 6.07 Å². The van der Waals surface area contributed by atoms with Gasteiger partial charge in [0.2, 0.25) is 5.78 Å². The Balaban J connectivity index is 2.16. The van der Waals surface area contributed by atoms with Crippen molar-refractivity contribution in [2.45, 2.75) is 13.8 Å². The second kappa shape index (κ2) is 6.84. The molecule has 0 saturated heterocycles. The van der Waals surface area contributed by atoms with E-state index >= 15 is 0 Å². The topological polar surface area (TPSA) is 91.4 Å². The monoisotopic (exact) mass is 350 g/mol. The minimum atomic E-state index is -0.970. The van der Waals surface area contributed by atoms with Crippen LogP contribution in [0.2, 0.25) is 5.02 Å². The molecule has 0 fully saturated rings. The average Bonchev–Trinajstić information content (AvgIpc) is 2.79. The van der Waals surface area contributed by atoms with Crippen molar-refractivity contribution in [3.05, 3.63) is 61.9 Å². The van der Waals surface area contributed by atoms with Gasteiger partial charge in [0, 0.05) is 35.1 Å². The van der Waals surface area contributed by atoms with Crippen molar-refractivity contribution in [3.63, 3.8) is 0 Å². The van der Waals surface area contributed by atoms with Crippen LogP contribution < -0.4 is 0 Å². The number of rotatable bonds is 5. The molecule has 1 heterocycles. The Morgan fingerprint density at radius 2 is 1.92 bits per heavy atom. The fraction of sp³-hybridized carbons (Fsp3) is 0.250. The van der Waals surface area contributed by atoms with Crippen molar-refractivity contribution >= 4 is 29.0 Å². The second-order valence-electron chi connectivity index (χ2n) is 5.26. The smallest absolute Gasteiger partial charge is 0.345 e. The van der Waals surface area contributed by atoms with Gasteiger partial charge in [0.15, 0.2) is 6.61 Å². The number of aromatic nitrogens is 1. The van der Waals surface area contributed by atoms with E-state index in [0.717, 1.165) is 23.5 Å². The lowest BCUT2D eigenvalue weighted by Crippen LogP contribution is -2.16. The highest BCUT2D eigenvalue weighted by Crippen LogP contribution is 2.23. The van der Waals surface area contributed by atoms with E-state index in [-0.39, 0.29) is 16.4 Å². The highest BCUT2D eigenvalue weighted by Gasteiger charge is 2.23. The molecule has 0 radical (unpaired) electrons. The molecule has 0 spiro atoms. The van der Waals surface area contributed by atoms with Crippen LogP contribution >= 0.6 is 11.6 Å². The number of hydrogen-bond donors (Lipinski definition) is 0. The summed E-state index contributed by atoms with van der Waals surface area (Å²) in [5.41, 5.74) is 1.38. The molecule has 1 aromatic heterocycles. The molecule has 0 amide bonds. The van der Waals surface area contributed by atoms with Gasteiger partial charge in [-0.25, -0.2) is 4.79 Å². The van der Waals surface area contributed by atoms with Crippen molar-refractivity contribution in [2.75, 3.05) is 6.61 Å². The number of carbonyl (C=O) groups excluding carboxylic acids is 2. The van der Waals surface area contributed by atoms with Gasteiger partial charge in [-0.1, -0.05) is 11.6 Å². The maximum absolute atomic E-state index is 12.2. The molecule has 0 atom stereocenters. The Hall–Kier alpha value is -2.67. The summed E-state index contributed by atoms with van der Waals surface area (Å²) >= 11 is 5.77. The summed E-state index contributed by atoms with van der Waals surface area (Å²) in [5, 5.41) is 11.1. The van der Waals surface area contributed by atoms with E-state index in [2.05, 4.69) is 0 Å². The Morgan fingerprint density at radius 1 is 1.25 bits per heavy atom. The molecular formula is C16H15ClN2O5. The van der Waals surface area contributed by atoms with Gasteiger partial charge in [-0.3, -0.25) is 14.9 Å². The molecule has 126 valence electrons. The molecule has 1 aromatic carbocycles. The van der Waals surface area contributed by atoms with Crippen molar-refractivity contribution in [1.82, 2.24) is 4.57 Å². The fourth-order valence-electron chi connectivity index (χ4n) is 2.26. The third-order valence-electron chi connectivity index (χ3n) is 3.79. The Kier molecular flexibility index (Phi) is 5.04. The number of hydrogen-bond acceptors (Lipinski definition) is 5. The predicted molar refractivity (Wildman–Crippen MR) is 87.6 cm³/mol. The molecule has 2 rings (SSSR count). The summed E-state index contributed by atoms with van der Waals surface area (Å²) in [6, 6.07) is 5.26. The van der Waals surface area contributed by atoms with E-state index in [0.29, 0.717) is 5.56 Å². The van der Waals surface area contributed by atoms with Crippen molar-refractivity contribution in [2.24, 2.45) is 7.05 Å². The normalized spacial score (nSPS) is 10.5. The summed E-state index contributed by atoms with van der Waals surface area (Å²) in [4.78, 5) is 34.5. The number of Topliss-reactive ketones (excluding diaryl/α,β-unsaturated/α-hetero) is 1. The molecular weight excluding hydrogens is 336 g/mol. The third kappa shape index (κ3) is 3.46. The van der Waals surface area contributed by atoms with Crippen LogP contribution in [0.3, 0.4) is 0 Å². The first kappa shape index (κ1) is 17.7. The third-order valence-corrected chi connectivity index (χ3v) is 4.02. The molecule has 0 N–H and O–H groups in total. The number of esters is 1. The van der Waals surface area contributed by atoms with Crippen LogP contribution in [0.25, 0.3) is 0 Å². The number of carbonyl (C=O) groups is 2.